The average molecular weight is 184 g/mol. The number of hydrogen-bond donors (Lipinski definition) is 0. The van der Waals surface area contributed by atoms with Crippen molar-refractivity contribution in [2.75, 3.05) is 7.11 Å². The molecular weight excluding hydrogens is 174 g/mol. The molecule has 0 radical (unpaired) electrons. The zero-order chi connectivity index (χ0) is 9.35. The highest BCUT2D eigenvalue weighted by Gasteiger charge is 2.36. The molecule has 0 N–H and O–H groups in total. The SMILES string of the molecule is COC1=CC(Cl)=C(C#N)C1(C)C. The van der Waals surface area contributed by atoms with Gasteiger partial charge in [-0.05, 0) is 19.9 Å². The fourth-order valence-corrected chi connectivity index (χ4v) is 1.67. The standard InChI is InChI=1S/C9H10ClNO/c1-9(2)6(5-11)7(10)4-8(9)12-3/h4H,1-3H3. The Kier molecular flexibility index (Phi) is 2.16. The van der Waals surface area contributed by atoms with Crippen LogP contribution >= 0.6 is 11.6 Å². The summed E-state index contributed by atoms with van der Waals surface area (Å²) in [5.74, 6) is 0.740. The third-order valence-corrected chi connectivity index (χ3v) is 2.37. The van der Waals surface area contributed by atoms with Gasteiger partial charge in [0.25, 0.3) is 0 Å². The van der Waals surface area contributed by atoms with Crippen LogP contribution in [0, 0.1) is 16.7 Å². The molecular formula is C9H10ClNO. The molecule has 0 aromatic carbocycles. The largest absolute Gasteiger partial charge is 0.500 e. The number of nitrogens with zero attached hydrogens (tertiary/aromatic N) is 1. The number of methoxy groups -OCH3 is 1. The predicted octanol–water partition coefficient (Wildman–Crippen LogP) is 2.57. The van der Waals surface area contributed by atoms with E-state index in [0.717, 1.165) is 5.76 Å². The molecule has 0 fully saturated rings. The maximum Gasteiger partial charge on any atom is 0.108 e. The minimum Gasteiger partial charge on any atom is -0.500 e. The normalized spacial score (nSPS) is 20.4. The molecule has 0 aromatic heterocycles. The average Bonchev–Trinajstić information content (AvgIpc) is 2.21. The third kappa shape index (κ3) is 1.11. The van der Waals surface area contributed by atoms with E-state index in [1.165, 1.54) is 0 Å². The minimum atomic E-state index is -0.374. The number of nitriles is 1. The summed E-state index contributed by atoms with van der Waals surface area (Å²) in [6, 6.07) is 2.08. The van der Waals surface area contributed by atoms with Gasteiger partial charge in [0.2, 0.25) is 0 Å². The van der Waals surface area contributed by atoms with E-state index >= 15 is 0 Å². The van der Waals surface area contributed by atoms with Crippen LogP contribution in [-0.2, 0) is 4.74 Å². The van der Waals surface area contributed by atoms with Gasteiger partial charge in [0, 0.05) is 0 Å². The van der Waals surface area contributed by atoms with Gasteiger partial charge in [0.05, 0.1) is 29.2 Å². The second kappa shape index (κ2) is 2.84. The van der Waals surface area contributed by atoms with Crippen LogP contribution in [0.3, 0.4) is 0 Å². The van der Waals surface area contributed by atoms with Crippen molar-refractivity contribution in [1.29, 1.82) is 5.26 Å². The molecule has 0 amide bonds. The summed E-state index contributed by atoms with van der Waals surface area (Å²) in [5.41, 5.74) is 0.196. The summed E-state index contributed by atoms with van der Waals surface area (Å²) >= 11 is 5.84. The number of halogens is 1. The summed E-state index contributed by atoms with van der Waals surface area (Å²) in [7, 11) is 1.58. The van der Waals surface area contributed by atoms with Crippen LogP contribution in [-0.4, -0.2) is 7.11 Å². The van der Waals surface area contributed by atoms with Crippen LogP contribution in [0.25, 0.3) is 0 Å². The first-order valence-corrected chi connectivity index (χ1v) is 3.98. The molecule has 3 heteroatoms. The van der Waals surface area contributed by atoms with Gasteiger partial charge in [-0.3, -0.25) is 0 Å². The predicted molar refractivity (Wildman–Crippen MR) is 47.4 cm³/mol. The van der Waals surface area contributed by atoms with Crippen molar-refractivity contribution in [3.8, 4) is 6.07 Å². The van der Waals surface area contributed by atoms with Crippen molar-refractivity contribution in [1.82, 2.24) is 0 Å². The monoisotopic (exact) mass is 183 g/mol. The van der Waals surface area contributed by atoms with E-state index in [-0.39, 0.29) is 5.41 Å². The summed E-state index contributed by atoms with van der Waals surface area (Å²) in [6.07, 6.45) is 1.69. The van der Waals surface area contributed by atoms with Crippen LogP contribution in [0.4, 0.5) is 0 Å². The molecule has 0 heterocycles. The lowest BCUT2D eigenvalue weighted by molar-refractivity contribution is 0.223. The molecule has 0 spiro atoms. The molecule has 1 rings (SSSR count). The summed E-state index contributed by atoms with van der Waals surface area (Å²) in [4.78, 5) is 0. The second-order valence-corrected chi connectivity index (χ2v) is 3.58. The summed E-state index contributed by atoms with van der Waals surface area (Å²) in [6.45, 7) is 3.83. The van der Waals surface area contributed by atoms with Crippen LogP contribution in [0.1, 0.15) is 13.8 Å². The fourth-order valence-electron chi connectivity index (χ4n) is 1.30. The van der Waals surface area contributed by atoms with Crippen molar-refractivity contribution >= 4 is 11.6 Å². The highest BCUT2D eigenvalue weighted by molar-refractivity contribution is 6.32. The lowest BCUT2D eigenvalue weighted by Gasteiger charge is -2.21. The Morgan fingerprint density at radius 2 is 2.17 bits per heavy atom. The summed E-state index contributed by atoms with van der Waals surface area (Å²) < 4.78 is 5.11. The smallest absolute Gasteiger partial charge is 0.108 e. The van der Waals surface area contributed by atoms with Crippen molar-refractivity contribution in [2.45, 2.75) is 13.8 Å². The zero-order valence-corrected chi connectivity index (χ0v) is 8.07. The van der Waals surface area contributed by atoms with Gasteiger partial charge in [0.15, 0.2) is 0 Å². The van der Waals surface area contributed by atoms with E-state index in [1.807, 2.05) is 13.8 Å². The quantitative estimate of drug-likeness (QED) is 0.626. The van der Waals surface area contributed by atoms with E-state index in [2.05, 4.69) is 6.07 Å². The van der Waals surface area contributed by atoms with Gasteiger partial charge >= 0.3 is 0 Å². The number of rotatable bonds is 1. The molecule has 64 valence electrons. The first kappa shape index (κ1) is 9.15. The number of hydrogen-bond acceptors (Lipinski definition) is 2. The van der Waals surface area contributed by atoms with Gasteiger partial charge in [-0.1, -0.05) is 11.6 Å². The van der Waals surface area contributed by atoms with Crippen LogP contribution in [0.5, 0.6) is 0 Å². The maximum atomic E-state index is 8.80. The molecule has 12 heavy (non-hydrogen) atoms. The van der Waals surface area contributed by atoms with Crippen molar-refractivity contribution < 1.29 is 4.74 Å². The Labute approximate surface area is 77.1 Å². The van der Waals surface area contributed by atoms with Gasteiger partial charge in [-0.15, -0.1) is 0 Å². The van der Waals surface area contributed by atoms with Crippen molar-refractivity contribution in [3.05, 3.63) is 22.4 Å². The molecule has 0 atom stereocenters. The maximum absolute atomic E-state index is 8.80. The van der Waals surface area contributed by atoms with E-state index in [9.17, 15) is 0 Å². The summed E-state index contributed by atoms with van der Waals surface area (Å²) in [5, 5.41) is 9.29. The highest BCUT2D eigenvalue weighted by atomic mass is 35.5. The lowest BCUT2D eigenvalue weighted by Crippen LogP contribution is -2.15. The minimum absolute atomic E-state index is 0.374. The Hall–Kier alpha value is -0.940. The molecule has 2 nitrogen and oxygen atoms in total. The first-order valence-electron chi connectivity index (χ1n) is 3.60. The molecule has 0 aliphatic heterocycles. The zero-order valence-electron chi connectivity index (χ0n) is 7.31. The van der Waals surface area contributed by atoms with Gasteiger partial charge in [-0.25, -0.2) is 0 Å². The number of ether oxygens (including phenoxy) is 1. The fraction of sp³-hybridized carbons (Fsp3) is 0.444. The third-order valence-electron chi connectivity index (χ3n) is 2.07. The first-order chi connectivity index (χ1) is 5.54. The lowest BCUT2D eigenvalue weighted by atomic mass is 9.86. The molecule has 1 aliphatic rings. The van der Waals surface area contributed by atoms with Gasteiger partial charge in [-0.2, -0.15) is 5.26 Å². The van der Waals surface area contributed by atoms with Crippen molar-refractivity contribution in [2.24, 2.45) is 5.41 Å². The molecule has 0 unspecified atom stereocenters. The highest BCUT2D eigenvalue weighted by Crippen LogP contribution is 2.43. The van der Waals surface area contributed by atoms with Gasteiger partial charge < -0.3 is 4.74 Å². The molecule has 0 saturated heterocycles. The number of allylic oxidation sites excluding steroid dienone is 3. The van der Waals surface area contributed by atoms with E-state index in [1.54, 1.807) is 13.2 Å². The topological polar surface area (TPSA) is 33.0 Å². The molecule has 0 bridgehead atoms. The van der Waals surface area contributed by atoms with Crippen molar-refractivity contribution in [3.63, 3.8) is 0 Å². The Morgan fingerprint density at radius 1 is 1.58 bits per heavy atom. The molecule has 1 aliphatic carbocycles. The molecule has 0 aromatic rings. The van der Waals surface area contributed by atoms with E-state index in [4.69, 9.17) is 21.6 Å². The Bertz CT molecular complexity index is 307. The van der Waals surface area contributed by atoms with Crippen LogP contribution in [0.15, 0.2) is 22.4 Å². The Morgan fingerprint density at radius 3 is 2.42 bits per heavy atom. The molecule has 0 saturated carbocycles. The Balaban J connectivity index is 3.14. The van der Waals surface area contributed by atoms with Crippen LogP contribution < -0.4 is 0 Å². The second-order valence-electron chi connectivity index (χ2n) is 3.17. The van der Waals surface area contributed by atoms with E-state index in [0.29, 0.717) is 10.6 Å². The van der Waals surface area contributed by atoms with Crippen LogP contribution in [0.2, 0.25) is 0 Å². The van der Waals surface area contributed by atoms with Gasteiger partial charge in [0.1, 0.15) is 5.76 Å². The van der Waals surface area contributed by atoms with E-state index < -0.39 is 0 Å².